The number of carbonyl (C=O) groups is 1. The normalized spacial score (nSPS) is 16.6. The Labute approximate surface area is 114 Å². The van der Waals surface area contributed by atoms with Crippen LogP contribution in [0.1, 0.15) is 32.1 Å². The summed E-state index contributed by atoms with van der Waals surface area (Å²) in [5.74, 6) is 0. The summed E-state index contributed by atoms with van der Waals surface area (Å²) < 4.78 is 1.17. The Balaban J connectivity index is 1.85. The Morgan fingerprint density at radius 1 is 1.37 bits per heavy atom. The summed E-state index contributed by atoms with van der Waals surface area (Å²) in [6, 6.07) is 3.29. The molecule has 0 spiro atoms. The predicted molar refractivity (Wildman–Crippen MR) is 74.7 cm³/mol. The fraction of sp³-hybridized carbons (Fsp3) is 0.462. The second kappa shape index (κ2) is 5.13. The monoisotopic (exact) mass is 277 g/mol. The van der Waals surface area contributed by atoms with E-state index in [4.69, 9.17) is 0 Å². The molecular formula is C13H15N3O2S. The summed E-state index contributed by atoms with van der Waals surface area (Å²) in [5, 5.41) is 3.45. The van der Waals surface area contributed by atoms with Crippen molar-refractivity contribution < 1.29 is 4.79 Å². The highest BCUT2D eigenvalue weighted by molar-refractivity contribution is 7.14. The average molecular weight is 277 g/mol. The molecule has 6 heteroatoms. The van der Waals surface area contributed by atoms with Gasteiger partial charge in [0, 0.05) is 12.2 Å². The maximum absolute atomic E-state index is 12.1. The van der Waals surface area contributed by atoms with Crippen molar-refractivity contribution in [3.63, 3.8) is 0 Å². The molecule has 1 N–H and O–H groups in total. The van der Waals surface area contributed by atoms with Crippen LogP contribution in [0, 0.1) is 0 Å². The number of aromatic nitrogens is 2. The third-order valence-corrected chi connectivity index (χ3v) is 4.49. The molecule has 19 heavy (non-hydrogen) atoms. The molecule has 0 radical (unpaired) electrons. The molecule has 0 aliphatic heterocycles. The van der Waals surface area contributed by atoms with Gasteiger partial charge in [0.1, 0.15) is 4.83 Å². The topological polar surface area (TPSA) is 64.0 Å². The average Bonchev–Trinajstić information content (AvgIpc) is 2.78. The number of rotatable bonds is 1. The molecule has 1 aliphatic carbocycles. The van der Waals surface area contributed by atoms with E-state index in [2.05, 4.69) is 10.3 Å². The fourth-order valence-corrected chi connectivity index (χ4v) is 3.33. The highest BCUT2D eigenvalue weighted by atomic mass is 32.1. The van der Waals surface area contributed by atoms with Gasteiger partial charge >= 0.3 is 6.03 Å². The number of amides is 1. The Hall–Kier alpha value is -1.69. The summed E-state index contributed by atoms with van der Waals surface area (Å²) in [4.78, 5) is 28.9. The van der Waals surface area contributed by atoms with E-state index >= 15 is 0 Å². The van der Waals surface area contributed by atoms with E-state index in [1.54, 1.807) is 18.3 Å². The maximum atomic E-state index is 12.1. The van der Waals surface area contributed by atoms with E-state index in [1.807, 2.05) is 0 Å². The minimum Gasteiger partial charge on any atom is -0.334 e. The first-order chi connectivity index (χ1) is 9.25. The summed E-state index contributed by atoms with van der Waals surface area (Å²) in [6.07, 6.45) is 7.16. The van der Waals surface area contributed by atoms with Crippen LogP contribution in [0.25, 0.3) is 10.2 Å². The van der Waals surface area contributed by atoms with E-state index in [1.165, 1.54) is 10.4 Å². The molecule has 0 saturated heterocycles. The zero-order valence-corrected chi connectivity index (χ0v) is 11.3. The van der Waals surface area contributed by atoms with E-state index in [0.717, 1.165) is 37.2 Å². The van der Waals surface area contributed by atoms with Crippen LogP contribution in [0.15, 0.2) is 23.1 Å². The molecule has 1 fully saturated rings. The van der Waals surface area contributed by atoms with Crippen molar-refractivity contribution in [3.8, 4) is 0 Å². The molecule has 0 aromatic carbocycles. The zero-order valence-electron chi connectivity index (χ0n) is 10.5. The van der Waals surface area contributed by atoms with Crippen molar-refractivity contribution in [2.75, 3.05) is 0 Å². The summed E-state index contributed by atoms with van der Waals surface area (Å²) in [7, 11) is 0. The lowest BCUT2D eigenvalue weighted by Crippen LogP contribution is -2.41. The number of fused-ring (bicyclic) bond motifs is 1. The molecule has 2 aromatic heterocycles. The third kappa shape index (κ3) is 2.40. The van der Waals surface area contributed by atoms with Gasteiger partial charge in [0.05, 0.1) is 5.39 Å². The highest BCUT2D eigenvalue weighted by Crippen LogP contribution is 2.18. The van der Waals surface area contributed by atoms with Crippen molar-refractivity contribution in [2.45, 2.75) is 38.1 Å². The van der Waals surface area contributed by atoms with Crippen LogP contribution in [-0.4, -0.2) is 21.0 Å². The van der Waals surface area contributed by atoms with Gasteiger partial charge in [-0.2, -0.15) is 3.96 Å². The molecule has 3 rings (SSSR count). The van der Waals surface area contributed by atoms with Crippen LogP contribution >= 0.6 is 11.5 Å². The first-order valence-corrected chi connectivity index (χ1v) is 7.31. The number of hydrogen-bond donors (Lipinski definition) is 1. The Morgan fingerprint density at radius 2 is 2.16 bits per heavy atom. The maximum Gasteiger partial charge on any atom is 0.338 e. The molecule has 2 aromatic rings. The van der Waals surface area contributed by atoms with Crippen LogP contribution in [0.4, 0.5) is 4.79 Å². The number of hydrogen-bond acceptors (Lipinski definition) is 4. The summed E-state index contributed by atoms with van der Waals surface area (Å²) >= 11 is 1.10. The lowest BCUT2D eigenvalue weighted by atomic mass is 9.96. The lowest BCUT2D eigenvalue weighted by molar-refractivity contribution is 0.235. The zero-order chi connectivity index (χ0) is 13.2. The van der Waals surface area contributed by atoms with E-state index < -0.39 is 0 Å². The highest BCUT2D eigenvalue weighted by Gasteiger charge is 2.19. The summed E-state index contributed by atoms with van der Waals surface area (Å²) in [5.41, 5.74) is -0.276. The second-order valence-electron chi connectivity index (χ2n) is 4.83. The van der Waals surface area contributed by atoms with Gasteiger partial charge in [0.25, 0.3) is 5.56 Å². The predicted octanol–water partition coefficient (Wildman–Crippen LogP) is 2.35. The first kappa shape index (κ1) is 12.3. The fourth-order valence-electron chi connectivity index (χ4n) is 2.48. The summed E-state index contributed by atoms with van der Waals surface area (Å²) in [6.45, 7) is 0. The van der Waals surface area contributed by atoms with E-state index in [0.29, 0.717) is 10.2 Å². The standard InChI is InChI=1S/C13H15N3O2S/c17-12-10-7-4-8-14-11(10)19-16(12)13(18)15-9-5-2-1-3-6-9/h4,7-9H,1-3,5-6H2,(H,15,18). The van der Waals surface area contributed by atoms with Crippen LogP contribution in [0.5, 0.6) is 0 Å². The molecule has 1 aliphatic rings. The Kier molecular flexibility index (Phi) is 3.33. The van der Waals surface area contributed by atoms with Gasteiger partial charge in [0.2, 0.25) is 0 Å². The smallest absolute Gasteiger partial charge is 0.334 e. The van der Waals surface area contributed by atoms with Crippen molar-refractivity contribution in [1.29, 1.82) is 0 Å². The molecule has 2 heterocycles. The van der Waals surface area contributed by atoms with Crippen LogP contribution in [0.2, 0.25) is 0 Å². The number of nitrogens with one attached hydrogen (secondary N) is 1. The van der Waals surface area contributed by atoms with Crippen molar-refractivity contribution in [1.82, 2.24) is 14.3 Å². The van der Waals surface area contributed by atoms with Gasteiger partial charge in [-0.3, -0.25) is 4.79 Å². The van der Waals surface area contributed by atoms with Crippen molar-refractivity contribution in [3.05, 3.63) is 28.7 Å². The molecule has 1 amide bonds. The van der Waals surface area contributed by atoms with Gasteiger partial charge in [-0.15, -0.1) is 0 Å². The van der Waals surface area contributed by atoms with Gasteiger partial charge in [-0.25, -0.2) is 9.78 Å². The lowest BCUT2D eigenvalue weighted by Gasteiger charge is -2.22. The van der Waals surface area contributed by atoms with Gasteiger partial charge < -0.3 is 5.32 Å². The number of nitrogens with zero attached hydrogens (tertiary/aromatic N) is 2. The van der Waals surface area contributed by atoms with Gasteiger partial charge in [0.15, 0.2) is 0 Å². The molecule has 5 nitrogen and oxygen atoms in total. The second-order valence-corrected chi connectivity index (χ2v) is 5.77. The van der Waals surface area contributed by atoms with Crippen LogP contribution < -0.4 is 10.9 Å². The SMILES string of the molecule is O=C(NC1CCCCC1)n1sc2ncccc2c1=O. The molecule has 0 unspecified atom stereocenters. The largest absolute Gasteiger partial charge is 0.338 e. The minimum atomic E-state index is -0.320. The molecule has 0 atom stereocenters. The van der Waals surface area contributed by atoms with Crippen LogP contribution in [0.3, 0.4) is 0 Å². The van der Waals surface area contributed by atoms with Crippen molar-refractivity contribution in [2.24, 2.45) is 0 Å². The first-order valence-electron chi connectivity index (χ1n) is 6.53. The molecular weight excluding hydrogens is 262 g/mol. The van der Waals surface area contributed by atoms with E-state index in [-0.39, 0.29) is 17.6 Å². The number of carbonyl (C=O) groups excluding carboxylic acids is 1. The quantitative estimate of drug-likeness (QED) is 0.870. The van der Waals surface area contributed by atoms with E-state index in [9.17, 15) is 9.59 Å². The minimum absolute atomic E-state index is 0.200. The Bertz CT molecular complexity index is 655. The van der Waals surface area contributed by atoms with Gasteiger partial charge in [-0.05, 0) is 36.5 Å². The number of pyridine rings is 1. The molecule has 0 bridgehead atoms. The third-order valence-electron chi connectivity index (χ3n) is 3.48. The van der Waals surface area contributed by atoms with Crippen LogP contribution in [-0.2, 0) is 0 Å². The van der Waals surface area contributed by atoms with Gasteiger partial charge in [-0.1, -0.05) is 19.3 Å². The van der Waals surface area contributed by atoms with Crippen molar-refractivity contribution >= 4 is 27.8 Å². The Morgan fingerprint density at radius 3 is 2.89 bits per heavy atom. The molecule has 1 saturated carbocycles. The molecule has 100 valence electrons.